The Morgan fingerprint density at radius 2 is 1.59 bits per heavy atom. The monoisotopic (exact) mass is 402 g/mol. The van der Waals surface area contributed by atoms with Crippen LogP contribution in [-0.4, -0.2) is 37.7 Å². The summed E-state index contributed by atoms with van der Waals surface area (Å²) in [4.78, 5) is 35.1. The summed E-state index contributed by atoms with van der Waals surface area (Å²) in [6, 6.07) is 11.8. The van der Waals surface area contributed by atoms with Gasteiger partial charge in [0.2, 0.25) is 5.91 Å². The van der Waals surface area contributed by atoms with Crippen LogP contribution >= 0.6 is 0 Å². The summed E-state index contributed by atoms with van der Waals surface area (Å²) in [5.74, 6) is -0.500. The van der Waals surface area contributed by atoms with Crippen molar-refractivity contribution in [3.63, 3.8) is 0 Å². The van der Waals surface area contributed by atoms with E-state index >= 15 is 0 Å². The summed E-state index contributed by atoms with van der Waals surface area (Å²) >= 11 is 0. The van der Waals surface area contributed by atoms with E-state index in [1.54, 1.807) is 19.1 Å². The summed E-state index contributed by atoms with van der Waals surface area (Å²) in [5, 5.41) is 5.50. The zero-order chi connectivity index (χ0) is 21.1. The summed E-state index contributed by atoms with van der Waals surface area (Å²) in [6.45, 7) is 2.68. The van der Waals surface area contributed by atoms with Crippen LogP contribution in [0.5, 0.6) is 5.75 Å². The third kappa shape index (κ3) is 8.00. The maximum absolute atomic E-state index is 12.8. The SMILES string of the molecule is CCOC(=O)Oc1ccc(C(=O)NCCCNC(=O)Cc2ccc(F)cc2)cc1. The average molecular weight is 402 g/mol. The molecule has 2 rings (SSSR count). The number of rotatable bonds is 9. The van der Waals surface area contributed by atoms with Gasteiger partial charge >= 0.3 is 6.16 Å². The molecular weight excluding hydrogens is 379 g/mol. The first-order valence-corrected chi connectivity index (χ1v) is 9.22. The fourth-order valence-corrected chi connectivity index (χ4v) is 2.39. The highest BCUT2D eigenvalue weighted by Gasteiger charge is 2.08. The Hall–Kier alpha value is -3.42. The molecule has 0 saturated carbocycles. The highest BCUT2D eigenvalue weighted by Crippen LogP contribution is 2.13. The minimum absolute atomic E-state index is 0.167. The van der Waals surface area contributed by atoms with E-state index in [9.17, 15) is 18.8 Å². The molecule has 0 bridgehead atoms. The van der Waals surface area contributed by atoms with Gasteiger partial charge in [-0.15, -0.1) is 0 Å². The first-order chi connectivity index (χ1) is 14.0. The Morgan fingerprint density at radius 1 is 0.931 bits per heavy atom. The van der Waals surface area contributed by atoms with Gasteiger partial charge in [0, 0.05) is 18.7 Å². The third-order valence-electron chi connectivity index (χ3n) is 3.82. The van der Waals surface area contributed by atoms with Gasteiger partial charge in [0.15, 0.2) is 0 Å². The van der Waals surface area contributed by atoms with E-state index in [0.29, 0.717) is 25.1 Å². The minimum atomic E-state index is -0.800. The number of ether oxygens (including phenoxy) is 2. The normalized spacial score (nSPS) is 10.1. The smallest absolute Gasteiger partial charge is 0.434 e. The molecule has 0 aliphatic heterocycles. The fourth-order valence-electron chi connectivity index (χ4n) is 2.39. The topological polar surface area (TPSA) is 93.7 Å². The molecule has 0 heterocycles. The lowest BCUT2D eigenvalue weighted by Gasteiger charge is -2.08. The molecule has 8 heteroatoms. The van der Waals surface area contributed by atoms with E-state index < -0.39 is 6.16 Å². The Balaban J connectivity index is 1.64. The van der Waals surface area contributed by atoms with E-state index in [-0.39, 0.29) is 36.4 Å². The number of hydrogen-bond acceptors (Lipinski definition) is 5. The lowest BCUT2D eigenvalue weighted by molar-refractivity contribution is -0.120. The van der Waals surface area contributed by atoms with Gasteiger partial charge in [-0.25, -0.2) is 9.18 Å². The van der Waals surface area contributed by atoms with Gasteiger partial charge in [0.25, 0.3) is 5.91 Å². The van der Waals surface area contributed by atoms with Crippen molar-refractivity contribution in [2.45, 2.75) is 19.8 Å². The third-order valence-corrected chi connectivity index (χ3v) is 3.82. The fraction of sp³-hybridized carbons (Fsp3) is 0.286. The van der Waals surface area contributed by atoms with Crippen molar-refractivity contribution in [3.8, 4) is 5.75 Å². The van der Waals surface area contributed by atoms with Gasteiger partial charge in [-0.2, -0.15) is 0 Å². The number of carbonyl (C=O) groups is 3. The van der Waals surface area contributed by atoms with Gasteiger partial charge in [0.05, 0.1) is 13.0 Å². The first kappa shape index (κ1) is 21.9. The first-order valence-electron chi connectivity index (χ1n) is 9.22. The van der Waals surface area contributed by atoms with Gasteiger partial charge in [0.1, 0.15) is 11.6 Å². The largest absolute Gasteiger partial charge is 0.513 e. The number of amides is 2. The number of hydrogen-bond donors (Lipinski definition) is 2. The van der Waals surface area contributed by atoms with Gasteiger partial charge in [-0.3, -0.25) is 9.59 Å². The molecule has 154 valence electrons. The molecule has 0 radical (unpaired) electrons. The van der Waals surface area contributed by atoms with Crippen molar-refractivity contribution in [2.24, 2.45) is 0 Å². The van der Waals surface area contributed by atoms with Crippen LogP contribution in [-0.2, 0) is 16.0 Å². The molecule has 0 atom stereocenters. The zero-order valence-corrected chi connectivity index (χ0v) is 16.1. The number of halogens is 1. The van der Waals surface area contributed by atoms with Crippen molar-refractivity contribution in [1.82, 2.24) is 10.6 Å². The predicted octanol–water partition coefficient (Wildman–Crippen LogP) is 2.84. The molecule has 2 aromatic carbocycles. The Kier molecular flexibility index (Phi) is 8.62. The van der Waals surface area contributed by atoms with Crippen LogP contribution in [0.1, 0.15) is 29.3 Å². The van der Waals surface area contributed by atoms with Crippen molar-refractivity contribution in [3.05, 3.63) is 65.5 Å². The number of nitrogens with one attached hydrogen (secondary N) is 2. The van der Waals surface area contributed by atoms with Crippen molar-refractivity contribution in [2.75, 3.05) is 19.7 Å². The number of benzene rings is 2. The molecule has 2 N–H and O–H groups in total. The van der Waals surface area contributed by atoms with E-state index in [2.05, 4.69) is 15.4 Å². The van der Waals surface area contributed by atoms with E-state index in [1.807, 2.05) is 0 Å². The summed E-state index contributed by atoms with van der Waals surface area (Å²) in [7, 11) is 0. The predicted molar refractivity (Wildman–Crippen MR) is 104 cm³/mol. The Morgan fingerprint density at radius 3 is 2.24 bits per heavy atom. The highest BCUT2D eigenvalue weighted by atomic mass is 19.1. The minimum Gasteiger partial charge on any atom is -0.434 e. The molecule has 0 unspecified atom stereocenters. The van der Waals surface area contributed by atoms with E-state index in [0.717, 1.165) is 5.56 Å². The van der Waals surface area contributed by atoms with Crippen LogP contribution < -0.4 is 15.4 Å². The van der Waals surface area contributed by atoms with E-state index in [4.69, 9.17) is 4.74 Å². The molecule has 0 spiro atoms. The van der Waals surface area contributed by atoms with Gasteiger partial charge in [-0.1, -0.05) is 12.1 Å². The van der Waals surface area contributed by atoms with Gasteiger partial charge in [-0.05, 0) is 55.3 Å². The van der Waals surface area contributed by atoms with Crippen molar-refractivity contribution >= 4 is 18.0 Å². The molecule has 2 aromatic rings. The van der Waals surface area contributed by atoms with Crippen LogP contribution in [0.15, 0.2) is 48.5 Å². The number of carbonyl (C=O) groups excluding carboxylic acids is 3. The second-order valence-electron chi connectivity index (χ2n) is 6.07. The molecule has 0 saturated heterocycles. The van der Waals surface area contributed by atoms with Crippen LogP contribution in [0.2, 0.25) is 0 Å². The maximum atomic E-state index is 12.8. The molecule has 0 fully saturated rings. The summed E-state index contributed by atoms with van der Waals surface area (Å²) < 4.78 is 22.4. The molecule has 0 aliphatic carbocycles. The maximum Gasteiger partial charge on any atom is 0.513 e. The van der Waals surface area contributed by atoms with Crippen molar-refractivity contribution in [1.29, 1.82) is 0 Å². The molecule has 0 aromatic heterocycles. The molecule has 2 amide bonds. The lowest BCUT2D eigenvalue weighted by atomic mass is 10.1. The van der Waals surface area contributed by atoms with Crippen LogP contribution in [0.25, 0.3) is 0 Å². The molecule has 7 nitrogen and oxygen atoms in total. The summed E-state index contributed by atoms with van der Waals surface area (Å²) in [6.07, 6.45) is -0.0659. The molecule has 0 aliphatic rings. The molecular formula is C21H23FN2O5. The van der Waals surface area contributed by atoms with Crippen molar-refractivity contribution < 1.29 is 28.2 Å². The highest BCUT2D eigenvalue weighted by molar-refractivity contribution is 5.94. The summed E-state index contributed by atoms with van der Waals surface area (Å²) in [5.41, 5.74) is 1.15. The quantitative estimate of drug-likeness (QED) is 0.382. The Labute approximate surface area is 168 Å². The molecule has 29 heavy (non-hydrogen) atoms. The van der Waals surface area contributed by atoms with E-state index in [1.165, 1.54) is 36.4 Å². The van der Waals surface area contributed by atoms with Crippen LogP contribution in [0, 0.1) is 5.82 Å². The lowest BCUT2D eigenvalue weighted by Crippen LogP contribution is -2.30. The zero-order valence-electron chi connectivity index (χ0n) is 16.1. The Bertz CT molecular complexity index is 822. The van der Waals surface area contributed by atoms with Crippen LogP contribution in [0.3, 0.4) is 0 Å². The average Bonchev–Trinajstić information content (AvgIpc) is 2.70. The second kappa shape index (κ2) is 11.4. The van der Waals surface area contributed by atoms with Gasteiger partial charge < -0.3 is 20.1 Å². The standard InChI is InChI=1S/C21H23FN2O5/c1-2-28-21(27)29-18-10-6-16(7-11-18)20(26)24-13-3-12-23-19(25)14-15-4-8-17(22)9-5-15/h4-11H,2-3,12-14H2,1H3,(H,23,25)(H,24,26). The van der Waals surface area contributed by atoms with Crippen LogP contribution in [0.4, 0.5) is 9.18 Å². The second-order valence-corrected chi connectivity index (χ2v) is 6.07.